The number of alkyl halides is 3. The highest BCUT2D eigenvalue weighted by molar-refractivity contribution is 5.10. The van der Waals surface area contributed by atoms with E-state index >= 15 is 0 Å². The van der Waals surface area contributed by atoms with Crippen molar-refractivity contribution in [3.05, 3.63) is 43.0 Å². The minimum Gasteiger partial charge on any atom is -0.393 e. The van der Waals surface area contributed by atoms with Gasteiger partial charge >= 0.3 is 11.9 Å². The second kappa shape index (κ2) is 5.70. The minimum atomic E-state index is -5.01. The smallest absolute Gasteiger partial charge is 0.393 e. The van der Waals surface area contributed by atoms with E-state index in [1.165, 1.54) is 4.98 Å². The van der Waals surface area contributed by atoms with Crippen molar-refractivity contribution in [2.75, 3.05) is 6.61 Å². The summed E-state index contributed by atoms with van der Waals surface area (Å²) in [4.78, 5) is 26.8. The molecule has 0 amide bonds. The van der Waals surface area contributed by atoms with E-state index in [0.717, 1.165) is 0 Å². The third kappa shape index (κ3) is 2.94. The van der Waals surface area contributed by atoms with E-state index in [1.54, 1.807) is 0 Å². The van der Waals surface area contributed by atoms with Crippen molar-refractivity contribution < 1.29 is 28.1 Å². The van der Waals surface area contributed by atoms with Crippen LogP contribution in [0, 0.1) is 0 Å². The summed E-state index contributed by atoms with van der Waals surface area (Å²) >= 11 is 0. The molecule has 126 valence electrons. The molecule has 1 saturated heterocycles. The van der Waals surface area contributed by atoms with Crippen molar-refractivity contribution in [2.24, 2.45) is 5.11 Å². The van der Waals surface area contributed by atoms with E-state index in [9.17, 15) is 33.0 Å². The number of ether oxygens (including phenoxy) is 1. The Morgan fingerprint density at radius 1 is 1.57 bits per heavy atom. The van der Waals surface area contributed by atoms with Crippen LogP contribution in [-0.4, -0.2) is 38.2 Å². The number of hydrogen-bond acceptors (Lipinski definition) is 6. The van der Waals surface area contributed by atoms with Crippen LogP contribution >= 0.6 is 0 Å². The number of nitrogens with one attached hydrogen (secondary N) is 1. The second-order valence-electron chi connectivity index (χ2n) is 4.72. The molecule has 23 heavy (non-hydrogen) atoms. The third-order valence-corrected chi connectivity index (χ3v) is 3.31. The van der Waals surface area contributed by atoms with Gasteiger partial charge in [0.15, 0.2) is 5.72 Å². The Bertz CT molecular complexity index is 767. The monoisotopic (exact) mass is 337 g/mol. The Morgan fingerprint density at radius 2 is 2.22 bits per heavy atom. The van der Waals surface area contributed by atoms with Gasteiger partial charge in [0.05, 0.1) is 12.7 Å². The molecule has 0 unspecified atom stereocenters. The van der Waals surface area contributed by atoms with Gasteiger partial charge < -0.3 is 14.9 Å². The van der Waals surface area contributed by atoms with Crippen LogP contribution in [0.4, 0.5) is 13.2 Å². The number of H-pyrrole nitrogens is 1. The van der Waals surface area contributed by atoms with Gasteiger partial charge in [0.25, 0.3) is 5.56 Å². The van der Waals surface area contributed by atoms with Gasteiger partial charge in [-0.25, -0.2) is 4.79 Å². The quantitative estimate of drug-likeness (QED) is 0.397. The lowest BCUT2D eigenvalue weighted by atomic mass is 10.1. The molecule has 10 nitrogen and oxygen atoms in total. The highest BCUT2D eigenvalue weighted by Crippen LogP contribution is 2.37. The molecule has 13 heteroatoms. The Balaban J connectivity index is 2.50. The Labute approximate surface area is 124 Å². The first kappa shape index (κ1) is 17.0. The SMILES string of the molecule is [N-]=[N+]=N[C@]1(CO)O[C@H](n2cc(C(F)(F)F)c(=O)[nH]c2=O)C[C@@H]1O. The average Bonchev–Trinajstić information content (AvgIpc) is 2.75. The molecular weight excluding hydrogens is 327 g/mol. The summed E-state index contributed by atoms with van der Waals surface area (Å²) in [5.74, 6) is 0. The maximum atomic E-state index is 12.7. The maximum Gasteiger partial charge on any atom is 0.423 e. The molecule has 3 atom stereocenters. The van der Waals surface area contributed by atoms with Crippen molar-refractivity contribution in [3.63, 3.8) is 0 Å². The van der Waals surface area contributed by atoms with Crippen molar-refractivity contribution in [2.45, 2.75) is 30.7 Å². The number of azide groups is 1. The van der Waals surface area contributed by atoms with E-state index in [1.807, 2.05) is 0 Å². The van der Waals surface area contributed by atoms with E-state index in [0.29, 0.717) is 4.57 Å². The molecule has 3 N–H and O–H groups in total. The highest BCUT2D eigenvalue weighted by atomic mass is 19.4. The fraction of sp³-hybridized carbons (Fsp3) is 0.600. The molecule has 0 bridgehead atoms. The Morgan fingerprint density at radius 3 is 2.74 bits per heavy atom. The lowest BCUT2D eigenvalue weighted by Crippen LogP contribution is -2.41. The van der Waals surface area contributed by atoms with E-state index in [-0.39, 0.29) is 6.20 Å². The van der Waals surface area contributed by atoms with Crippen LogP contribution in [0.25, 0.3) is 10.4 Å². The van der Waals surface area contributed by atoms with Crippen LogP contribution in [0.15, 0.2) is 20.9 Å². The van der Waals surface area contributed by atoms with Crippen molar-refractivity contribution in [1.29, 1.82) is 0 Å². The fourth-order valence-corrected chi connectivity index (χ4v) is 2.15. The molecule has 1 aromatic heterocycles. The van der Waals surface area contributed by atoms with Crippen LogP contribution in [0.3, 0.4) is 0 Å². The first-order valence-electron chi connectivity index (χ1n) is 6.10. The highest BCUT2D eigenvalue weighted by Gasteiger charge is 2.49. The second-order valence-corrected chi connectivity index (χ2v) is 4.72. The lowest BCUT2D eigenvalue weighted by Gasteiger charge is -2.24. The third-order valence-electron chi connectivity index (χ3n) is 3.31. The van der Waals surface area contributed by atoms with Crippen LogP contribution in [-0.2, 0) is 10.9 Å². The number of nitrogens with zero attached hydrogens (tertiary/aromatic N) is 4. The number of hydrogen-bond donors (Lipinski definition) is 3. The van der Waals surface area contributed by atoms with Gasteiger partial charge in [-0.05, 0) is 5.53 Å². The van der Waals surface area contributed by atoms with Crippen molar-refractivity contribution in [1.82, 2.24) is 9.55 Å². The Kier molecular flexibility index (Phi) is 4.22. The number of aromatic nitrogens is 2. The molecule has 1 aliphatic heterocycles. The maximum absolute atomic E-state index is 12.7. The molecule has 1 aromatic rings. The molecule has 0 radical (unpaired) electrons. The fourth-order valence-electron chi connectivity index (χ4n) is 2.15. The summed E-state index contributed by atoms with van der Waals surface area (Å²) in [6.45, 7) is -0.959. The molecule has 0 aromatic carbocycles. The number of halogens is 3. The first-order valence-corrected chi connectivity index (χ1v) is 6.10. The molecule has 1 fully saturated rings. The summed E-state index contributed by atoms with van der Waals surface area (Å²) in [7, 11) is 0. The zero-order valence-corrected chi connectivity index (χ0v) is 11.2. The summed E-state index contributed by atoms with van der Waals surface area (Å²) in [5, 5.41) is 22.1. The van der Waals surface area contributed by atoms with Crippen LogP contribution in [0.1, 0.15) is 18.2 Å². The van der Waals surface area contributed by atoms with Gasteiger partial charge in [-0.3, -0.25) is 14.3 Å². The zero-order chi connectivity index (χ0) is 17.4. The van der Waals surface area contributed by atoms with E-state index < -0.39 is 54.1 Å². The summed E-state index contributed by atoms with van der Waals surface area (Å²) < 4.78 is 43.7. The number of aromatic amines is 1. The largest absolute Gasteiger partial charge is 0.423 e. The van der Waals surface area contributed by atoms with Gasteiger partial charge in [0.2, 0.25) is 0 Å². The minimum absolute atomic E-state index is 0.238. The molecule has 2 rings (SSSR count). The molecule has 1 aliphatic rings. The number of aliphatic hydroxyl groups is 2. The van der Waals surface area contributed by atoms with Gasteiger partial charge in [0, 0.05) is 17.5 Å². The first-order chi connectivity index (χ1) is 10.6. The zero-order valence-electron chi connectivity index (χ0n) is 11.2. The average molecular weight is 337 g/mol. The molecule has 0 saturated carbocycles. The molecule has 0 aliphatic carbocycles. The summed E-state index contributed by atoms with van der Waals surface area (Å²) in [5.41, 5.74) is 1.82. The van der Waals surface area contributed by atoms with Gasteiger partial charge in [-0.15, -0.1) is 0 Å². The summed E-state index contributed by atoms with van der Waals surface area (Å²) in [6.07, 6.45) is -8.26. The normalized spacial score (nSPS) is 27.7. The van der Waals surface area contributed by atoms with Gasteiger partial charge in [-0.2, -0.15) is 13.2 Å². The topological polar surface area (TPSA) is 153 Å². The molecule has 0 spiro atoms. The lowest BCUT2D eigenvalue weighted by molar-refractivity contribution is -0.141. The molecule has 2 heterocycles. The number of rotatable bonds is 3. The standard InChI is InChI=1S/C10H10F3N5O5/c11-10(12,13)4-2-18(8(22)15-7(4)21)6-1-5(20)9(3-19,23-6)16-17-14/h2,5-6,19-20H,1,3H2,(H,15,21,22)/t5-,6-,9+/m0/s1. The van der Waals surface area contributed by atoms with Gasteiger partial charge in [-0.1, -0.05) is 5.11 Å². The summed E-state index contributed by atoms with van der Waals surface area (Å²) in [6, 6.07) is 0. The van der Waals surface area contributed by atoms with Crippen molar-refractivity contribution >= 4 is 0 Å². The van der Waals surface area contributed by atoms with E-state index in [4.69, 9.17) is 10.3 Å². The number of aliphatic hydroxyl groups excluding tert-OH is 2. The van der Waals surface area contributed by atoms with Crippen molar-refractivity contribution in [3.8, 4) is 0 Å². The molecular formula is C10H10F3N5O5. The Hall–Kier alpha value is -2.34. The predicted molar refractivity (Wildman–Crippen MR) is 66.0 cm³/mol. The predicted octanol–water partition coefficient (Wildman–Crippen LogP) is -0.166. The van der Waals surface area contributed by atoms with Gasteiger partial charge in [0.1, 0.15) is 11.8 Å². The van der Waals surface area contributed by atoms with E-state index in [2.05, 4.69) is 10.0 Å². The van der Waals surface area contributed by atoms with Crippen LogP contribution in [0.2, 0.25) is 0 Å². The van der Waals surface area contributed by atoms with Crippen LogP contribution < -0.4 is 11.2 Å². The van der Waals surface area contributed by atoms with Crippen LogP contribution in [0.5, 0.6) is 0 Å².